The first-order chi connectivity index (χ1) is 12.3. The Bertz CT molecular complexity index is 603. The van der Waals surface area contributed by atoms with Crippen LogP contribution >= 0.6 is 31.9 Å². The zero-order valence-electron chi connectivity index (χ0n) is 19.7. The Morgan fingerprint density at radius 2 is 1.61 bits per heavy atom. The molecule has 1 fully saturated rings. The molecule has 0 aromatic heterocycles. The number of carbonyl (C=O) groups excluding carboxylic acids is 1. The zero-order chi connectivity index (χ0) is 22.3. The molecule has 1 amide bonds. The standard InChI is InChI=1S/C21H41Br2NO2Si2/c1-15(26-28(10,11)21(5,6)7)18-16(13-12-14-17(22)23)24(19(18)25)27(8,9)20(2,3)4/h14-16,18H,12-13H2,1-11H3/t15-,16-,18-/m1/s1. The summed E-state index contributed by atoms with van der Waals surface area (Å²) in [6.45, 7) is 25.0. The van der Waals surface area contributed by atoms with Gasteiger partial charge in [0, 0.05) is 6.04 Å². The summed E-state index contributed by atoms with van der Waals surface area (Å²) in [5, 5.41) is 0.285. The Kier molecular flexibility index (Phi) is 8.52. The van der Waals surface area contributed by atoms with Crippen LogP contribution in [0.2, 0.25) is 36.3 Å². The Morgan fingerprint density at radius 3 is 2.00 bits per heavy atom. The van der Waals surface area contributed by atoms with E-state index in [1.165, 1.54) is 0 Å². The lowest BCUT2D eigenvalue weighted by atomic mass is 9.83. The minimum Gasteiger partial charge on any atom is -0.413 e. The van der Waals surface area contributed by atoms with Crippen LogP contribution in [-0.4, -0.2) is 39.2 Å². The monoisotopic (exact) mass is 553 g/mol. The largest absolute Gasteiger partial charge is 0.413 e. The van der Waals surface area contributed by atoms with E-state index in [0.717, 1.165) is 16.2 Å². The molecular weight excluding hydrogens is 514 g/mol. The first-order valence-corrected chi connectivity index (χ1v) is 17.8. The summed E-state index contributed by atoms with van der Waals surface area (Å²) in [6, 6.07) is 0.267. The van der Waals surface area contributed by atoms with E-state index in [-0.39, 0.29) is 28.1 Å². The van der Waals surface area contributed by atoms with E-state index in [2.05, 4.69) is 117 Å². The third-order valence-electron chi connectivity index (χ3n) is 7.26. The summed E-state index contributed by atoms with van der Waals surface area (Å²) < 4.78 is 9.91. The van der Waals surface area contributed by atoms with E-state index in [4.69, 9.17) is 4.43 Å². The molecule has 7 heteroatoms. The SMILES string of the molecule is C[C@@H](O[Si](C)(C)C(C)(C)C)[C@H]1C(=O)N([Si](C)(C)C(C)(C)C)[C@@H]1CCC=C(Br)Br. The molecule has 28 heavy (non-hydrogen) atoms. The third kappa shape index (κ3) is 5.62. The van der Waals surface area contributed by atoms with Gasteiger partial charge in [-0.3, -0.25) is 4.79 Å². The van der Waals surface area contributed by atoms with E-state index in [1.807, 2.05) is 0 Å². The van der Waals surface area contributed by atoms with Gasteiger partial charge in [-0.1, -0.05) is 60.7 Å². The first kappa shape index (κ1) is 26.6. The number of amides is 1. The highest BCUT2D eigenvalue weighted by atomic mass is 79.9. The van der Waals surface area contributed by atoms with Crippen LogP contribution in [0.4, 0.5) is 0 Å². The van der Waals surface area contributed by atoms with Gasteiger partial charge in [-0.2, -0.15) is 0 Å². The summed E-state index contributed by atoms with van der Waals surface area (Å²) in [5.74, 6) is 0.287. The Hall–Kier alpha value is 0.564. The van der Waals surface area contributed by atoms with Crippen molar-refractivity contribution in [2.24, 2.45) is 5.92 Å². The van der Waals surface area contributed by atoms with Crippen LogP contribution in [0.25, 0.3) is 0 Å². The lowest BCUT2D eigenvalue weighted by Crippen LogP contribution is -2.74. The highest BCUT2D eigenvalue weighted by Gasteiger charge is 2.59. The Balaban J connectivity index is 3.13. The molecule has 0 unspecified atom stereocenters. The van der Waals surface area contributed by atoms with Crippen molar-refractivity contribution in [3.8, 4) is 0 Å². The average molecular weight is 556 g/mol. The molecule has 0 aliphatic carbocycles. The summed E-state index contributed by atoms with van der Waals surface area (Å²) >= 11 is 6.91. The highest BCUT2D eigenvalue weighted by Crippen LogP contribution is 2.48. The number of carbonyl (C=O) groups is 1. The first-order valence-electron chi connectivity index (χ1n) is 10.4. The molecule has 0 saturated carbocycles. The summed E-state index contributed by atoms with van der Waals surface area (Å²) in [6.07, 6.45) is 4.03. The number of nitrogens with zero attached hydrogens (tertiary/aromatic N) is 1. The van der Waals surface area contributed by atoms with Gasteiger partial charge in [0.15, 0.2) is 16.6 Å². The molecule has 164 valence electrons. The van der Waals surface area contributed by atoms with Gasteiger partial charge in [0.25, 0.3) is 0 Å². The normalized spacial score (nSPS) is 22.8. The van der Waals surface area contributed by atoms with Gasteiger partial charge in [-0.15, -0.1) is 0 Å². The van der Waals surface area contributed by atoms with Gasteiger partial charge in [0.1, 0.15) is 0 Å². The van der Waals surface area contributed by atoms with Gasteiger partial charge < -0.3 is 8.99 Å². The third-order valence-corrected chi connectivity index (χ3v) is 17.9. The van der Waals surface area contributed by atoms with Crippen molar-refractivity contribution in [2.45, 2.75) is 110 Å². The maximum atomic E-state index is 13.4. The fraction of sp³-hybridized carbons (Fsp3) is 0.857. The molecule has 0 aromatic rings. The number of β-lactam (4-membered cyclic amide) rings is 1. The number of hydrogen-bond acceptors (Lipinski definition) is 2. The average Bonchev–Trinajstić information content (AvgIpc) is 2.42. The van der Waals surface area contributed by atoms with E-state index in [9.17, 15) is 4.79 Å². The molecule has 0 spiro atoms. The number of rotatable bonds is 7. The van der Waals surface area contributed by atoms with Gasteiger partial charge in [0.2, 0.25) is 5.91 Å². The lowest BCUT2D eigenvalue weighted by Gasteiger charge is -2.60. The number of allylic oxidation sites excluding steroid dienone is 1. The van der Waals surface area contributed by atoms with E-state index < -0.39 is 16.6 Å². The van der Waals surface area contributed by atoms with E-state index >= 15 is 0 Å². The molecule has 0 N–H and O–H groups in total. The number of halogens is 2. The minimum absolute atomic E-state index is 0.0225. The van der Waals surface area contributed by atoms with Crippen LogP contribution in [0.5, 0.6) is 0 Å². The van der Waals surface area contributed by atoms with Crippen LogP contribution in [0, 0.1) is 5.92 Å². The summed E-state index contributed by atoms with van der Waals surface area (Å²) in [5.41, 5.74) is 0. The molecule has 1 aliphatic rings. The highest BCUT2D eigenvalue weighted by molar-refractivity contribution is 9.28. The lowest BCUT2D eigenvalue weighted by molar-refractivity contribution is -0.154. The molecule has 3 nitrogen and oxygen atoms in total. The second kappa shape index (κ2) is 8.97. The quantitative estimate of drug-likeness (QED) is 0.239. The topological polar surface area (TPSA) is 29.5 Å². The van der Waals surface area contributed by atoms with Crippen molar-refractivity contribution in [3.63, 3.8) is 0 Å². The molecule has 1 aliphatic heterocycles. The molecule has 1 saturated heterocycles. The maximum absolute atomic E-state index is 13.4. The van der Waals surface area contributed by atoms with Crippen LogP contribution < -0.4 is 0 Å². The van der Waals surface area contributed by atoms with Crippen molar-refractivity contribution in [1.29, 1.82) is 0 Å². The molecule has 3 atom stereocenters. The van der Waals surface area contributed by atoms with Crippen LogP contribution in [0.1, 0.15) is 61.3 Å². The van der Waals surface area contributed by atoms with Crippen LogP contribution in [0.15, 0.2) is 9.47 Å². The van der Waals surface area contributed by atoms with Gasteiger partial charge in [-0.05, 0) is 74.8 Å². The minimum atomic E-state index is -1.91. The molecule has 0 radical (unpaired) electrons. The maximum Gasteiger partial charge on any atom is 0.222 e. The van der Waals surface area contributed by atoms with Crippen LogP contribution in [-0.2, 0) is 9.22 Å². The molecule has 1 heterocycles. The Morgan fingerprint density at radius 1 is 1.11 bits per heavy atom. The van der Waals surface area contributed by atoms with Gasteiger partial charge in [-0.25, -0.2) is 0 Å². The fourth-order valence-electron chi connectivity index (χ4n) is 3.52. The van der Waals surface area contributed by atoms with Crippen molar-refractivity contribution in [2.75, 3.05) is 0 Å². The van der Waals surface area contributed by atoms with Crippen molar-refractivity contribution in [3.05, 3.63) is 9.47 Å². The molecular formula is C21H41Br2NO2Si2. The number of hydrogen-bond donors (Lipinski definition) is 0. The van der Waals surface area contributed by atoms with Crippen LogP contribution in [0.3, 0.4) is 0 Å². The summed E-state index contributed by atoms with van der Waals surface area (Å²) in [4.78, 5) is 13.4. The Labute approximate surface area is 192 Å². The van der Waals surface area contributed by atoms with E-state index in [0.29, 0.717) is 5.91 Å². The summed E-state index contributed by atoms with van der Waals surface area (Å²) in [7, 11) is -3.82. The predicted molar refractivity (Wildman–Crippen MR) is 134 cm³/mol. The van der Waals surface area contributed by atoms with E-state index in [1.54, 1.807) is 0 Å². The van der Waals surface area contributed by atoms with Gasteiger partial charge in [0.05, 0.1) is 15.4 Å². The van der Waals surface area contributed by atoms with Crippen molar-refractivity contribution in [1.82, 2.24) is 4.57 Å². The fourth-order valence-corrected chi connectivity index (χ4v) is 7.95. The molecule has 0 aromatic carbocycles. The second-order valence-corrected chi connectivity index (χ2v) is 23.9. The smallest absolute Gasteiger partial charge is 0.222 e. The second-order valence-electron chi connectivity index (χ2n) is 11.3. The predicted octanol–water partition coefficient (Wildman–Crippen LogP) is 7.64. The van der Waals surface area contributed by atoms with Gasteiger partial charge >= 0.3 is 0 Å². The zero-order valence-corrected chi connectivity index (χ0v) is 24.9. The van der Waals surface area contributed by atoms with Crippen molar-refractivity contribution >= 4 is 54.3 Å². The molecule has 0 bridgehead atoms. The molecule has 1 rings (SSSR count). The van der Waals surface area contributed by atoms with Crippen molar-refractivity contribution < 1.29 is 9.22 Å².